The number of halogens is 1. The van der Waals surface area contributed by atoms with Crippen molar-refractivity contribution in [3.63, 3.8) is 0 Å². The number of carbonyl (C=O) groups is 1. The number of nitrogens with zero attached hydrogens (tertiary/aromatic N) is 1. The predicted octanol–water partition coefficient (Wildman–Crippen LogP) is 4.01. The molecule has 0 bridgehead atoms. The Hall–Kier alpha value is -3.23. The average Bonchev–Trinajstić information content (AvgIpc) is 2.81. The van der Waals surface area contributed by atoms with Gasteiger partial charge in [0.1, 0.15) is 11.5 Å². The van der Waals surface area contributed by atoms with Gasteiger partial charge in [0.15, 0.2) is 6.61 Å². The fourth-order valence-electron chi connectivity index (χ4n) is 3.03. The lowest BCUT2D eigenvalue weighted by Crippen LogP contribution is -2.29. The van der Waals surface area contributed by atoms with Crippen LogP contribution in [-0.2, 0) is 27.9 Å². The lowest BCUT2D eigenvalue weighted by atomic mass is 10.2. The van der Waals surface area contributed by atoms with Gasteiger partial charge in [0, 0.05) is 11.6 Å². The number of hydrogen-bond acceptors (Lipinski definition) is 5. The molecule has 0 aliphatic carbocycles. The standard InChI is InChI=1S/C24H25ClN2O5S/c1-31-21-11-7-18(8-12-21)15-26-24(28)17-32-22-13-9-20(10-14-22)27(33(2,29)30)16-19-5-3-4-6-23(19)25/h3-14H,15-17H2,1-2H3,(H,26,28). The number of sulfonamides is 1. The van der Waals surface area contributed by atoms with Gasteiger partial charge in [-0.1, -0.05) is 41.9 Å². The predicted molar refractivity (Wildman–Crippen MR) is 129 cm³/mol. The van der Waals surface area contributed by atoms with Crippen molar-refractivity contribution in [1.29, 1.82) is 0 Å². The summed E-state index contributed by atoms with van der Waals surface area (Å²) in [6, 6.07) is 21.0. The highest BCUT2D eigenvalue weighted by Crippen LogP contribution is 2.26. The molecule has 0 radical (unpaired) electrons. The molecule has 33 heavy (non-hydrogen) atoms. The topological polar surface area (TPSA) is 84.9 Å². The van der Waals surface area contributed by atoms with Crippen LogP contribution in [0.25, 0.3) is 0 Å². The largest absolute Gasteiger partial charge is 0.497 e. The number of anilines is 1. The van der Waals surface area contributed by atoms with E-state index in [4.69, 9.17) is 21.1 Å². The normalized spacial score (nSPS) is 11.0. The maximum absolute atomic E-state index is 12.4. The highest BCUT2D eigenvalue weighted by Gasteiger charge is 2.19. The minimum atomic E-state index is -3.55. The molecule has 0 aliphatic rings. The minimum absolute atomic E-state index is 0.104. The van der Waals surface area contributed by atoms with Crippen LogP contribution in [0.4, 0.5) is 5.69 Å². The number of amides is 1. The molecule has 0 saturated carbocycles. The van der Waals surface area contributed by atoms with Gasteiger partial charge in [-0.05, 0) is 53.6 Å². The molecule has 0 fully saturated rings. The van der Waals surface area contributed by atoms with E-state index >= 15 is 0 Å². The van der Waals surface area contributed by atoms with Crippen LogP contribution in [0, 0.1) is 0 Å². The monoisotopic (exact) mass is 488 g/mol. The molecule has 0 unspecified atom stereocenters. The molecule has 9 heteroatoms. The number of benzene rings is 3. The Morgan fingerprint density at radius 3 is 2.21 bits per heavy atom. The molecular weight excluding hydrogens is 464 g/mol. The smallest absolute Gasteiger partial charge is 0.258 e. The highest BCUT2D eigenvalue weighted by atomic mass is 35.5. The van der Waals surface area contributed by atoms with Crippen LogP contribution in [0.15, 0.2) is 72.8 Å². The first-order valence-electron chi connectivity index (χ1n) is 10.1. The van der Waals surface area contributed by atoms with Gasteiger partial charge in [-0.25, -0.2) is 8.42 Å². The fourth-order valence-corrected chi connectivity index (χ4v) is 4.11. The zero-order valence-electron chi connectivity index (χ0n) is 18.3. The molecule has 7 nitrogen and oxygen atoms in total. The molecular formula is C24H25ClN2O5S. The zero-order valence-corrected chi connectivity index (χ0v) is 19.9. The van der Waals surface area contributed by atoms with E-state index in [-0.39, 0.29) is 19.1 Å². The van der Waals surface area contributed by atoms with Crippen molar-refractivity contribution in [2.45, 2.75) is 13.1 Å². The number of carbonyl (C=O) groups excluding carboxylic acids is 1. The van der Waals surface area contributed by atoms with Gasteiger partial charge in [0.05, 0.1) is 25.6 Å². The van der Waals surface area contributed by atoms with Crippen LogP contribution >= 0.6 is 11.6 Å². The summed E-state index contributed by atoms with van der Waals surface area (Å²) >= 11 is 6.20. The molecule has 0 saturated heterocycles. The van der Waals surface area contributed by atoms with E-state index in [1.807, 2.05) is 24.3 Å². The first-order valence-corrected chi connectivity index (χ1v) is 12.3. The van der Waals surface area contributed by atoms with Gasteiger partial charge in [0.25, 0.3) is 5.91 Å². The fraction of sp³-hybridized carbons (Fsp3) is 0.208. The van der Waals surface area contributed by atoms with Crippen LogP contribution < -0.4 is 19.1 Å². The van der Waals surface area contributed by atoms with Crippen molar-refractivity contribution in [3.05, 3.63) is 88.9 Å². The van der Waals surface area contributed by atoms with E-state index in [9.17, 15) is 13.2 Å². The zero-order chi connectivity index (χ0) is 23.8. The summed E-state index contributed by atoms with van der Waals surface area (Å²) in [5.41, 5.74) is 2.10. The maximum atomic E-state index is 12.4. The first-order chi connectivity index (χ1) is 15.8. The highest BCUT2D eigenvalue weighted by molar-refractivity contribution is 7.92. The number of rotatable bonds is 10. The van der Waals surface area contributed by atoms with E-state index in [0.29, 0.717) is 28.6 Å². The van der Waals surface area contributed by atoms with Crippen molar-refractivity contribution in [2.75, 3.05) is 24.3 Å². The van der Waals surface area contributed by atoms with Crippen LogP contribution in [0.2, 0.25) is 5.02 Å². The molecule has 1 N–H and O–H groups in total. The van der Waals surface area contributed by atoms with E-state index < -0.39 is 10.0 Å². The Kier molecular flexibility index (Phi) is 8.19. The van der Waals surface area contributed by atoms with Crippen LogP contribution in [0.1, 0.15) is 11.1 Å². The Balaban J connectivity index is 1.57. The maximum Gasteiger partial charge on any atom is 0.258 e. The first kappa shape index (κ1) is 24.4. The Morgan fingerprint density at radius 1 is 0.970 bits per heavy atom. The van der Waals surface area contributed by atoms with E-state index in [1.165, 1.54) is 4.31 Å². The van der Waals surface area contributed by atoms with Gasteiger partial charge < -0.3 is 14.8 Å². The number of methoxy groups -OCH3 is 1. The van der Waals surface area contributed by atoms with Crippen LogP contribution in [-0.4, -0.2) is 34.3 Å². The van der Waals surface area contributed by atoms with E-state index in [2.05, 4.69) is 5.32 Å². The van der Waals surface area contributed by atoms with Gasteiger partial charge in [-0.3, -0.25) is 9.10 Å². The van der Waals surface area contributed by atoms with E-state index in [1.54, 1.807) is 55.6 Å². The molecule has 3 rings (SSSR count). The minimum Gasteiger partial charge on any atom is -0.497 e. The summed E-state index contributed by atoms with van der Waals surface area (Å²) in [5.74, 6) is 0.925. The molecule has 0 atom stereocenters. The summed E-state index contributed by atoms with van der Waals surface area (Å²) in [6.07, 6.45) is 1.14. The average molecular weight is 489 g/mol. The SMILES string of the molecule is COc1ccc(CNC(=O)COc2ccc(N(Cc3ccccc3Cl)S(C)(=O)=O)cc2)cc1. The van der Waals surface area contributed by atoms with E-state index in [0.717, 1.165) is 17.6 Å². The van der Waals surface area contributed by atoms with Gasteiger partial charge in [-0.2, -0.15) is 0 Å². The van der Waals surface area contributed by atoms with Crippen molar-refractivity contribution in [2.24, 2.45) is 0 Å². The third-order valence-electron chi connectivity index (χ3n) is 4.82. The quantitative estimate of drug-likeness (QED) is 0.466. The second-order valence-corrected chi connectivity index (χ2v) is 9.58. The van der Waals surface area contributed by atoms with Crippen molar-refractivity contribution >= 4 is 33.2 Å². The molecule has 3 aromatic carbocycles. The van der Waals surface area contributed by atoms with Gasteiger partial charge in [0.2, 0.25) is 10.0 Å². The molecule has 0 heterocycles. The molecule has 0 aliphatic heterocycles. The lowest BCUT2D eigenvalue weighted by Gasteiger charge is -2.23. The second-order valence-electron chi connectivity index (χ2n) is 7.27. The summed E-state index contributed by atoms with van der Waals surface area (Å²) in [6.45, 7) is 0.313. The van der Waals surface area contributed by atoms with Crippen molar-refractivity contribution in [1.82, 2.24) is 5.32 Å². The molecule has 0 aromatic heterocycles. The summed E-state index contributed by atoms with van der Waals surface area (Å²) < 4.78 is 36.6. The van der Waals surface area contributed by atoms with Crippen LogP contribution in [0.5, 0.6) is 11.5 Å². The summed E-state index contributed by atoms with van der Waals surface area (Å²) in [7, 11) is -1.95. The molecule has 3 aromatic rings. The lowest BCUT2D eigenvalue weighted by molar-refractivity contribution is -0.123. The third kappa shape index (κ3) is 7.13. The van der Waals surface area contributed by atoms with Gasteiger partial charge >= 0.3 is 0 Å². The number of ether oxygens (including phenoxy) is 2. The third-order valence-corrected chi connectivity index (χ3v) is 6.32. The number of nitrogens with one attached hydrogen (secondary N) is 1. The molecule has 1 amide bonds. The molecule has 174 valence electrons. The van der Waals surface area contributed by atoms with Crippen molar-refractivity contribution in [3.8, 4) is 11.5 Å². The molecule has 0 spiro atoms. The Bertz CT molecular complexity index is 1180. The Morgan fingerprint density at radius 2 is 1.61 bits per heavy atom. The second kappa shape index (κ2) is 11.1. The van der Waals surface area contributed by atoms with Gasteiger partial charge in [-0.15, -0.1) is 0 Å². The Labute approximate surface area is 198 Å². The van der Waals surface area contributed by atoms with Crippen LogP contribution in [0.3, 0.4) is 0 Å². The van der Waals surface area contributed by atoms with Crippen molar-refractivity contribution < 1.29 is 22.7 Å². The summed E-state index contributed by atoms with van der Waals surface area (Å²) in [4.78, 5) is 12.1. The number of hydrogen-bond donors (Lipinski definition) is 1. The summed E-state index contributed by atoms with van der Waals surface area (Å²) in [5, 5.41) is 3.28.